The van der Waals surface area contributed by atoms with Gasteiger partial charge in [-0.2, -0.15) is 5.26 Å². The van der Waals surface area contributed by atoms with Crippen LogP contribution in [0.3, 0.4) is 0 Å². The molecule has 4 heteroatoms. The molecule has 14 heavy (non-hydrogen) atoms. The van der Waals surface area contributed by atoms with Crippen LogP contribution in [0.1, 0.15) is 19.4 Å². The highest BCUT2D eigenvalue weighted by Crippen LogP contribution is 2.20. The first kappa shape index (κ1) is 10.5. The first-order valence-electron chi connectivity index (χ1n) is 4.10. The molecular weight excluding hydrogens is 188 g/mol. The minimum atomic E-state index is -0.900. The van der Waals surface area contributed by atoms with E-state index < -0.39 is 17.2 Å². The molecule has 0 atom stereocenters. The van der Waals surface area contributed by atoms with E-state index in [4.69, 9.17) is 10.00 Å². The normalized spacial score (nSPS) is 10.0. The van der Waals surface area contributed by atoms with Gasteiger partial charge in [-0.25, -0.2) is 8.78 Å². The van der Waals surface area contributed by atoms with Gasteiger partial charge in [-0.1, -0.05) is 0 Å². The highest BCUT2D eigenvalue weighted by Gasteiger charge is 2.11. The van der Waals surface area contributed by atoms with Gasteiger partial charge < -0.3 is 4.74 Å². The average molecular weight is 197 g/mol. The third-order valence-corrected chi connectivity index (χ3v) is 1.50. The zero-order valence-corrected chi connectivity index (χ0v) is 7.84. The lowest BCUT2D eigenvalue weighted by Gasteiger charge is -2.09. The average Bonchev–Trinajstić information content (AvgIpc) is 2.01. The Balaban J connectivity index is 3.09. The van der Waals surface area contributed by atoms with Crippen molar-refractivity contribution in [1.82, 2.24) is 0 Å². The zero-order valence-electron chi connectivity index (χ0n) is 7.84. The van der Waals surface area contributed by atoms with Gasteiger partial charge in [-0.15, -0.1) is 0 Å². The molecule has 2 nitrogen and oxygen atoms in total. The smallest absolute Gasteiger partial charge is 0.147 e. The summed E-state index contributed by atoms with van der Waals surface area (Å²) in [5.74, 6) is -1.71. The van der Waals surface area contributed by atoms with Crippen LogP contribution in [0.4, 0.5) is 8.78 Å². The summed E-state index contributed by atoms with van der Waals surface area (Å²) in [6, 6.07) is 3.44. The zero-order chi connectivity index (χ0) is 10.7. The number of nitriles is 1. The van der Waals surface area contributed by atoms with Gasteiger partial charge in [-0.3, -0.25) is 0 Å². The molecule has 0 heterocycles. The third-order valence-electron chi connectivity index (χ3n) is 1.50. The largest absolute Gasteiger partial charge is 0.491 e. The second kappa shape index (κ2) is 4.05. The number of hydrogen-bond donors (Lipinski definition) is 0. The molecule has 1 aromatic carbocycles. The van der Waals surface area contributed by atoms with E-state index in [1.807, 2.05) is 0 Å². The number of rotatable bonds is 2. The summed E-state index contributed by atoms with van der Waals surface area (Å²) in [5.41, 5.74) is -0.582. The molecule has 0 spiro atoms. The summed E-state index contributed by atoms with van der Waals surface area (Å²) in [6.45, 7) is 3.49. The van der Waals surface area contributed by atoms with Crippen LogP contribution in [0.25, 0.3) is 0 Å². The fourth-order valence-corrected chi connectivity index (χ4v) is 0.997. The van der Waals surface area contributed by atoms with Gasteiger partial charge in [0.1, 0.15) is 29.0 Å². The van der Waals surface area contributed by atoms with E-state index in [0.29, 0.717) is 0 Å². The lowest BCUT2D eigenvalue weighted by atomic mass is 10.2. The molecule has 0 unspecified atom stereocenters. The van der Waals surface area contributed by atoms with E-state index in [9.17, 15) is 8.78 Å². The summed E-state index contributed by atoms with van der Waals surface area (Å²) in [5, 5.41) is 8.40. The molecule has 0 aliphatic carbocycles. The van der Waals surface area contributed by atoms with E-state index in [2.05, 4.69) is 0 Å². The number of nitrogens with zero attached hydrogens (tertiary/aromatic N) is 1. The van der Waals surface area contributed by atoms with E-state index in [1.165, 1.54) is 6.07 Å². The van der Waals surface area contributed by atoms with Crippen LogP contribution in [0, 0.1) is 23.0 Å². The Morgan fingerprint density at radius 2 is 1.79 bits per heavy atom. The quantitative estimate of drug-likeness (QED) is 0.730. The Labute approximate surface area is 80.7 Å². The molecule has 0 aliphatic rings. The predicted molar refractivity (Wildman–Crippen MR) is 46.8 cm³/mol. The van der Waals surface area contributed by atoms with Crippen molar-refractivity contribution in [3.63, 3.8) is 0 Å². The van der Waals surface area contributed by atoms with Gasteiger partial charge in [0.15, 0.2) is 0 Å². The molecule has 0 amide bonds. The standard InChI is InChI=1S/C10H9F2NO/c1-6(2)14-7-3-9(11)8(5-13)10(12)4-7/h3-4,6H,1-2H3. The van der Waals surface area contributed by atoms with Crippen LogP contribution >= 0.6 is 0 Å². The van der Waals surface area contributed by atoms with Crippen LogP contribution in [0.2, 0.25) is 0 Å². The summed E-state index contributed by atoms with van der Waals surface area (Å²) in [4.78, 5) is 0. The van der Waals surface area contributed by atoms with Gasteiger partial charge in [0.25, 0.3) is 0 Å². The van der Waals surface area contributed by atoms with E-state index >= 15 is 0 Å². The maximum atomic E-state index is 13.0. The number of hydrogen-bond acceptors (Lipinski definition) is 2. The molecule has 74 valence electrons. The molecule has 0 aliphatic heterocycles. The minimum absolute atomic E-state index is 0.0917. The molecule has 1 rings (SSSR count). The maximum absolute atomic E-state index is 13.0. The Bertz CT molecular complexity index is 359. The Morgan fingerprint density at radius 3 is 2.14 bits per heavy atom. The number of halogens is 2. The van der Waals surface area contributed by atoms with Crippen LogP contribution < -0.4 is 4.74 Å². The molecular formula is C10H9F2NO. The molecule has 0 saturated carbocycles. The minimum Gasteiger partial charge on any atom is -0.491 e. The molecule has 0 N–H and O–H groups in total. The molecule has 0 saturated heterocycles. The second-order valence-electron chi connectivity index (χ2n) is 3.04. The molecule has 0 fully saturated rings. The molecule has 0 bridgehead atoms. The summed E-state index contributed by atoms with van der Waals surface area (Å²) in [7, 11) is 0. The molecule has 0 aromatic heterocycles. The monoisotopic (exact) mass is 197 g/mol. The van der Waals surface area contributed by atoms with Crippen LogP contribution in [-0.4, -0.2) is 6.10 Å². The fourth-order valence-electron chi connectivity index (χ4n) is 0.997. The van der Waals surface area contributed by atoms with Crippen LogP contribution in [0.15, 0.2) is 12.1 Å². The van der Waals surface area contributed by atoms with Crippen molar-refractivity contribution in [3.05, 3.63) is 29.3 Å². The Kier molecular flexibility index (Phi) is 3.03. The van der Waals surface area contributed by atoms with Gasteiger partial charge in [0.05, 0.1) is 6.10 Å². The van der Waals surface area contributed by atoms with Gasteiger partial charge in [0, 0.05) is 12.1 Å². The van der Waals surface area contributed by atoms with Crippen molar-refractivity contribution in [2.45, 2.75) is 20.0 Å². The van der Waals surface area contributed by atoms with Crippen molar-refractivity contribution in [2.75, 3.05) is 0 Å². The summed E-state index contributed by atoms with van der Waals surface area (Å²) < 4.78 is 31.1. The van der Waals surface area contributed by atoms with E-state index in [0.717, 1.165) is 12.1 Å². The number of benzene rings is 1. The SMILES string of the molecule is CC(C)Oc1cc(F)c(C#N)c(F)c1. The van der Waals surface area contributed by atoms with Crippen molar-refractivity contribution in [2.24, 2.45) is 0 Å². The lowest BCUT2D eigenvalue weighted by molar-refractivity contribution is 0.240. The highest BCUT2D eigenvalue weighted by molar-refractivity contribution is 5.37. The van der Waals surface area contributed by atoms with Gasteiger partial charge >= 0.3 is 0 Å². The van der Waals surface area contributed by atoms with E-state index in [-0.39, 0.29) is 11.9 Å². The Morgan fingerprint density at radius 1 is 1.29 bits per heavy atom. The highest BCUT2D eigenvalue weighted by atomic mass is 19.1. The van der Waals surface area contributed by atoms with Crippen LogP contribution in [-0.2, 0) is 0 Å². The first-order valence-corrected chi connectivity index (χ1v) is 4.10. The Hall–Kier alpha value is -1.63. The fraction of sp³-hybridized carbons (Fsp3) is 0.300. The van der Waals surface area contributed by atoms with Crippen molar-refractivity contribution in [3.8, 4) is 11.8 Å². The van der Waals surface area contributed by atoms with Crippen LogP contribution in [0.5, 0.6) is 5.75 Å². The molecule has 0 radical (unpaired) electrons. The topological polar surface area (TPSA) is 33.0 Å². The van der Waals surface area contributed by atoms with Gasteiger partial charge in [0.2, 0.25) is 0 Å². The summed E-state index contributed by atoms with van der Waals surface area (Å²) >= 11 is 0. The molecule has 1 aromatic rings. The predicted octanol–water partition coefficient (Wildman–Crippen LogP) is 2.62. The lowest BCUT2D eigenvalue weighted by Crippen LogP contribution is -2.06. The maximum Gasteiger partial charge on any atom is 0.147 e. The number of ether oxygens (including phenoxy) is 1. The van der Waals surface area contributed by atoms with Gasteiger partial charge in [-0.05, 0) is 13.8 Å². The van der Waals surface area contributed by atoms with E-state index in [1.54, 1.807) is 13.8 Å². The van der Waals surface area contributed by atoms with Crippen molar-refractivity contribution >= 4 is 0 Å². The summed E-state index contributed by atoms with van der Waals surface area (Å²) in [6.07, 6.45) is -0.165. The van der Waals surface area contributed by atoms with Crippen molar-refractivity contribution < 1.29 is 13.5 Å². The third kappa shape index (κ3) is 2.19. The second-order valence-corrected chi connectivity index (χ2v) is 3.04. The first-order chi connectivity index (χ1) is 6.54. The van der Waals surface area contributed by atoms with Crippen molar-refractivity contribution in [1.29, 1.82) is 5.26 Å².